The number of ketones is 1. The topological polar surface area (TPSA) is 66.0 Å². The van der Waals surface area contributed by atoms with Crippen LogP contribution in [-0.4, -0.2) is 21.1 Å². The van der Waals surface area contributed by atoms with Crippen molar-refractivity contribution in [2.45, 2.75) is 6.92 Å². The minimum Gasteiger partial charge on any atom is -0.507 e. The van der Waals surface area contributed by atoms with Gasteiger partial charge < -0.3 is 5.11 Å². The molecule has 0 saturated heterocycles. The predicted octanol–water partition coefficient (Wildman–Crippen LogP) is 1.47. The Morgan fingerprint density at radius 3 is 3.00 bits per heavy atom. The monoisotopic (exact) mass is 176 g/mol. The van der Waals surface area contributed by atoms with E-state index in [1.54, 1.807) is 6.07 Å². The smallest absolute Gasteiger partial charge is 0.164 e. The van der Waals surface area contributed by atoms with Gasteiger partial charge in [-0.25, -0.2) is 0 Å². The van der Waals surface area contributed by atoms with Crippen molar-refractivity contribution in [2.24, 2.45) is 0 Å². The van der Waals surface area contributed by atoms with Gasteiger partial charge in [0.15, 0.2) is 5.78 Å². The third-order valence-corrected chi connectivity index (χ3v) is 1.95. The van der Waals surface area contributed by atoms with E-state index in [-0.39, 0.29) is 11.5 Å². The molecule has 0 radical (unpaired) electrons. The van der Waals surface area contributed by atoms with Crippen LogP contribution >= 0.6 is 0 Å². The van der Waals surface area contributed by atoms with E-state index in [1.165, 1.54) is 19.2 Å². The molecular weight excluding hydrogens is 168 g/mol. The lowest BCUT2D eigenvalue weighted by molar-refractivity contribution is 0.101. The molecule has 1 heterocycles. The Hall–Kier alpha value is -1.84. The van der Waals surface area contributed by atoms with Crippen LogP contribution in [0.1, 0.15) is 17.3 Å². The average Bonchev–Trinajstić information content (AvgIpc) is 2.50. The molecule has 0 saturated carbocycles. The quantitative estimate of drug-likeness (QED) is 0.646. The molecule has 66 valence electrons. The molecule has 1 aromatic carbocycles. The van der Waals surface area contributed by atoms with Crippen LogP contribution in [0.25, 0.3) is 10.9 Å². The summed E-state index contributed by atoms with van der Waals surface area (Å²) in [6.07, 6.45) is 1.53. The van der Waals surface area contributed by atoms with Gasteiger partial charge in [-0.05, 0) is 19.1 Å². The SMILES string of the molecule is CC(=O)c1c(O)ccc2[nH]ncc12. The summed E-state index contributed by atoms with van der Waals surface area (Å²) < 4.78 is 0. The number of nitrogens with zero attached hydrogens (tertiary/aromatic N) is 1. The molecule has 0 bridgehead atoms. The molecule has 0 aliphatic rings. The molecule has 2 N–H and O–H groups in total. The highest BCUT2D eigenvalue weighted by atomic mass is 16.3. The fourth-order valence-electron chi connectivity index (χ4n) is 1.38. The first-order chi connectivity index (χ1) is 6.20. The number of phenolic OH excluding ortho intramolecular Hbond substituents is 1. The van der Waals surface area contributed by atoms with E-state index < -0.39 is 0 Å². The summed E-state index contributed by atoms with van der Waals surface area (Å²) in [6, 6.07) is 3.17. The maximum Gasteiger partial charge on any atom is 0.164 e. The summed E-state index contributed by atoms with van der Waals surface area (Å²) in [5.74, 6) is -0.161. The molecule has 0 spiro atoms. The second kappa shape index (κ2) is 2.58. The average molecular weight is 176 g/mol. The van der Waals surface area contributed by atoms with Crippen molar-refractivity contribution in [2.75, 3.05) is 0 Å². The van der Waals surface area contributed by atoms with Gasteiger partial charge >= 0.3 is 0 Å². The minimum atomic E-state index is -0.162. The van der Waals surface area contributed by atoms with Crippen LogP contribution in [0, 0.1) is 0 Å². The van der Waals surface area contributed by atoms with E-state index in [0.29, 0.717) is 10.9 Å². The van der Waals surface area contributed by atoms with E-state index in [2.05, 4.69) is 10.2 Å². The van der Waals surface area contributed by atoms with E-state index in [4.69, 9.17) is 0 Å². The zero-order chi connectivity index (χ0) is 9.42. The molecule has 2 rings (SSSR count). The number of fused-ring (bicyclic) bond motifs is 1. The van der Waals surface area contributed by atoms with E-state index in [1.807, 2.05) is 0 Å². The number of nitrogens with one attached hydrogen (secondary N) is 1. The Balaban J connectivity index is 2.88. The summed E-state index contributed by atoms with van der Waals surface area (Å²) >= 11 is 0. The van der Waals surface area contributed by atoms with Crippen molar-refractivity contribution >= 4 is 16.7 Å². The number of hydrogen-bond donors (Lipinski definition) is 2. The van der Waals surface area contributed by atoms with Crippen LogP contribution in [0.3, 0.4) is 0 Å². The normalized spacial score (nSPS) is 10.5. The molecule has 0 aliphatic carbocycles. The Kier molecular flexibility index (Phi) is 1.55. The fraction of sp³-hybridized carbons (Fsp3) is 0.111. The third kappa shape index (κ3) is 1.07. The van der Waals surface area contributed by atoms with Crippen molar-refractivity contribution in [3.8, 4) is 5.75 Å². The van der Waals surface area contributed by atoms with Crippen molar-refractivity contribution < 1.29 is 9.90 Å². The summed E-state index contributed by atoms with van der Waals surface area (Å²) in [4.78, 5) is 11.2. The molecule has 4 nitrogen and oxygen atoms in total. The molecule has 0 aliphatic heterocycles. The highest BCUT2D eigenvalue weighted by Crippen LogP contribution is 2.25. The van der Waals surface area contributed by atoms with Crippen LogP contribution in [0.5, 0.6) is 5.75 Å². The molecule has 1 aromatic heterocycles. The number of aromatic nitrogens is 2. The van der Waals surface area contributed by atoms with Gasteiger partial charge in [0.25, 0.3) is 0 Å². The van der Waals surface area contributed by atoms with Crippen LogP contribution in [-0.2, 0) is 0 Å². The molecule has 0 atom stereocenters. The molecule has 0 amide bonds. The number of carbonyl (C=O) groups excluding carboxylic acids is 1. The Labute approximate surface area is 74.2 Å². The van der Waals surface area contributed by atoms with Crippen LogP contribution in [0.15, 0.2) is 18.3 Å². The fourth-order valence-corrected chi connectivity index (χ4v) is 1.38. The highest BCUT2D eigenvalue weighted by molar-refractivity contribution is 6.08. The lowest BCUT2D eigenvalue weighted by atomic mass is 10.1. The molecule has 13 heavy (non-hydrogen) atoms. The van der Waals surface area contributed by atoms with Gasteiger partial charge in [0.05, 0.1) is 17.3 Å². The van der Waals surface area contributed by atoms with Gasteiger partial charge in [-0.2, -0.15) is 5.10 Å². The van der Waals surface area contributed by atoms with Gasteiger partial charge in [0, 0.05) is 5.39 Å². The minimum absolute atomic E-state index is 0.00130. The van der Waals surface area contributed by atoms with Gasteiger partial charge in [0.2, 0.25) is 0 Å². The largest absolute Gasteiger partial charge is 0.507 e. The zero-order valence-electron chi connectivity index (χ0n) is 7.03. The Morgan fingerprint density at radius 1 is 1.54 bits per heavy atom. The second-order valence-electron chi connectivity index (χ2n) is 2.85. The number of aromatic amines is 1. The number of benzene rings is 1. The first kappa shape index (κ1) is 7.79. The number of aromatic hydroxyl groups is 1. The maximum absolute atomic E-state index is 11.2. The Morgan fingerprint density at radius 2 is 2.31 bits per heavy atom. The lowest BCUT2D eigenvalue weighted by Gasteiger charge is -2.00. The molecular formula is C9H8N2O2. The summed E-state index contributed by atoms with van der Waals surface area (Å²) in [7, 11) is 0. The number of phenols is 1. The third-order valence-electron chi connectivity index (χ3n) is 1.95. The summed E-state index contributed by atoms with van der Waals surface area (Å²) in [5.41, 5.74) is 1.08. The molecule has 0 fully saturated rings. The van der Waals surface area contributed by atoms with Gasteiger partial charge in [0.1, 0.15) is 5.75 Å². The number of rotatable bonds is 1. The predicted molar refractivity (Wildman–Crippen MR) is 47.8 cm³/mol. The van der Waals surface area contributed by atoms with Crippen molar-refractivity contribution in [1.29, 1.82) is 0 Å². The first-order valence-corrected chi connectivity index (χ1v) is 3.86. The van der Waals surface area contributed by atoms with Gasteiger partial charge in [-0.1, -0.05) is 0 Å². The van der Waals surface area contributed by atoms with Crippen molar-refractivity contribution in [3.05, 3.63) is 23.9 Å². The highest BCUT2D eigenvalue weighted by Gasteiger charge is 2.11. The van der Waals surface area contributed by atoms with Crippen molar-refractivity contribution in [3.63, 3.8) is 0 Å². The summed E-state index contributed by atoms with van der Waals surface area (Å²) in [5, 5.41) is 16.6. The van der Waals surface area contributed by atoms with Crippen molar-refractivity contribution in [1.82, 2.24) is 10.2 Å². The number of Topliss-reactive ketones (excluding diaryl/α,β-unsaturated/α-hetero) is 1. The number of carbonyl (C=O) groups is 1. The molecule has 2 aromatic rings. The van der Waals surface area contributed by atoms with E-state index >= 15 is 0 Å². The van der Waals surface area contributed by atoms with Gasteiger partial charge in [-0.3, -0.25) is 9.89 Å². The van der Waals surface area contributed by atoms with Gasteiger partial charge in [-0.15, -0.1) is 0 Å². The number of H-pyrrole nitrogens is 1. The Bertz CT molecular complexity index is 473. The standard InChI is InChI=1S/C9H8N2O2/c1-5(12)9-6-4-10-11-7(6)2-3-8(9)13/h2-4,13H,1H3,(H,10,11). The van der Waals surface area contributed by atoms with Crippen LogP contribution in [0.4, 0.5) is 0 Å². The zero-order valence-corrected chi connectivity index (χ0v) is 7.03. The van der Waals surface area contributed by atoms with Crippen LogP contribution in [0.2, 0.25) is 0 Å². The molecule has 4 heteroatoms. The lowest BCUT2D eigenvalue weighted by Crippen LogP contribution is -1.93. The van der Waals surface area contributed by atoms with E-state index in [9.17, 15) is 9.90 Å². The summed E-state index contributed by atoms with van der Waals surface area (Å²) in [6.45, 7) is 1.42. The van der Waals surface area contributed by atoms with E-state index in [0.717, 1.165) is 5.52 Å². The molecule has 0 unspecified atom stereocenters. The first-order valence-electron chi connectivity index (χ1n) is 3.86. The maximum atomic E-state index is 11.2. The number of hydrogen-bond acceptors (Lipinski definition) is 3. The van der Waals surface area contributed by atoms with Crippen LogP contribution < -0.4 is 0 Å². The second-order valence-corrected chi connectivity index (χ2v) is 2.85.